The summed E-state index contributed by atoms with van der Waals surface area (Å²) in [4.78, 5) is 26.0. The second kappa shape index (κ2) is 6.39. The first-order chi connectivity index (χ1) is 11.8. The molecule has 1 amide bonds. The number of carbonyl (C=O) groups excluding carboxylic acids is 1. The lowest BCUT2D eigenvalue weighted by molar-refractivity contribution is -0.147. The summed E-state index contributed by atoms with van der Waals surface area (Å²) >= 11 is 0. The molecule has 5 heteroatoms. The summed E-state index contributed by atoms with van der Waals surface area (Å²) in [5.41, 5.74) is 2.97. The molecule has 1 N–H and O–H groups in total. The maximum Gasteiger partial charge on any atom is 0.311 e. The zero-order chi connectivity index (χ0) is 18.2. The van der Waals surface area contributed by atoms with E-state index in [9.17, 15) is 14.7 Å². The Labute approximate surface area is 147 Å². The van der Waals surface area contributed by atoms with E-state index in [2.05, 4.69) is 16.7 Å². The number of benzene rings is 1. The van der Waals surface area contributed by atoms with Crippen LogP contribution in [0.4, 0.5) is 0 Å². The van der Waals surface area contributed by atoms with Gasteiger partial charge in [0, 0.05) is 31.0 Å². The molecule has 0 radical (unpaired) electrons. The van der Waals surface area contributed by atoms with Crippen LogP contribution in [0, 0.1) is 19.3 Å². The molecule has 1 atom stereocenters. The van der Waals surface area contributed by atoms with Crippen molar-refractivity contribution in [3.05, 3.63) is 58.9 Å². The monoisotopic (exact) mass is 340 g/mol. The van der Waals surface area contributed by atoms with Crippen LogP contribution in [0.5, 0.6) is 0 Å². The molecule has 25 heavy (non-hydrogen) atoms. The third kappa shape index (κ3) is 3.18. The van der Waals surface area contributed by atoms with Gasteiger partial charge >= 0.3 is 5.97 Å². The Morgan fingerprint density at radius 2 is 1.88 bits per heavy atom. The number of aryl methyl sites for hydroxylation is 1. The van der Waals surface area contributed by atoms with Crippen molar-refractivity contribution in [2.45, 2.75) is 33.7 Å². The van der Waals surface area contributed by atoms with Crippen LogP contribution in [-0.2, 0) is 11.3 Å². The molecule has 3 rings (SSSR count). The number of aliphatic carboxylic acids is 1. The third-order valence-corrected chi connectivity index (χ3v) is 5.26. The van der Waals surface area contributed by atoms with Gasteiger partial charge in [-0.15, -0.1) is 0 Å². The van der Waals surface area contributed by atoms with E-state index in [1.807, 2.05) is 38.1 Å². The molecular weight excluding hydrogens is 316 g/mol. The normalized spacial score (nSPS) is 20.0. The van der Waals surface area contributed by atoms with Crippen LogP contribution in [0.2, 0.25) is 0 Å². The van der Waals surface area contributed by atoms with Crippen LogP contribution in [0.15, 0.2) is 36.4 Å². The smallest absolute Gasteiger partial charge is 0.311 e. The molecule has 0 spiro atoms. The number of carboxylic acids is 1. The predicted molar refractivity (Wildman–Crippen MR) is 95.7 cm³/mol. The first-order valence-corrected chi connectivity index (χ1v) is 8.55. The van der Waals surface area contributed by atoms with Gasteiger partial charge in [0.15, 0.2) is 0 Å². The van der Waals surface area contributed by atoms with Gasteiger partial charge in [-0.25, -0.2) is 0 Å². The van der Waals surface area contributed by atoms with Crippen LogP contribution >= 0.6 is 0 Å². The number of carboxylic acid groups (broad SMARTS) is 1. The number of carbonyl (C=O) groups is 2. The lowest BCUT2D eigenvalue weighted by atomic mass is 9.90. The van der Waals surface area contributed by atoms with E-state index < -0.39 is 11.4 Å². The van der Waals surface area contributed by atoms with E-state index in [1.165, 1.54) is 5.56 Å². The first kappa shape index (κ1) is 17.3. The van der Waals surface area contributed by atoms with Crippen molar-refractivity contribution < 1.29 is 14.7 Å². The number of nitrogens with zero attached hydrogens (tertiary/aromatic N) is 2. The van der Waals surface area contributed by atoms with E-state index >= 15 is 0 Å². The van der Waals surface area contributed by atoms with E-state index in [0.29, 0.717) is 18.5 Å². The molecule has 132 valence electrons. The predicted octanol–water partition coefficient (Wildman–Crippen LogP) is 3.09. The average Bonchev–Trinajstić information content (AvgIpc) is 3.12. The highest BCUT2D eigenvalue weighted by atomic mass is 16.4. The van der Waals surface area contributed by atoms with Crippen LogP contribution in [0.3, 0.4) is 0 Å². The Hall–Kier alpha value is -2.56. The Balaban J connectivity index is 1.83. The number of hydrogen-bond acceptors (Lipinski definition) is 2. The van der Waals surface area contributed by atoms with Crippen molar-refractivity contribution in [2.24, 2.45) is 5.41 Å². The van der Waals surface area contributed by atoms with Gasteiger partial charge in [-0.2, -0.15) is 0 Å². The highest BCUT2D eigenvalue weighted by molar-refractivity contribution is 5.96. The summed E-state index contributed by atoms with van der Waals surface area (Å²) in [5, 5.41) is 9.37. The largest absolute Gasteiger partial charge is 0.481 e. The maximum atomic E-state index is 12.9. The zero-order valence-electron chi connectivity index (χ0n) is 15.0. The van der Waals surface area contributed by atoms with Crippen molar-refractivity contribution in [1.82, 2.24) is 9.47 Å². The standard InChI is InChI=1S/C20H24N2O3/c1-14-11-17(15(2)22(14)12-16-7-5-4-6-8-16)18(23)21-10-9-20(3,13-21)19(24)25/h4-8,11H,9-10,12-13H2,1-3H3,(H,24,25). The van der Waals surface area contributed by atoms with Gasteiger partial charge < -0.3 is 14.6 Å². The molecular formula is C20H24N2O3. The van der Waals surface area contributed by atoms with Gasteiger partial charge in [-0.3, -0.25) is 9.59 Å². The topological polar surface area (TPSA) is 62.5 Å². The fourth-order valence-corrected chi connectivity index (χ4v) is 3.51. The van der Waals surface area contributed by atoms with E-state index in [0.717, 1.165) is 17.9 Å². The van der Waals surface area contributed by atoms with Crippen LogP contribution in [0.1, 0.15) is 40.7 Å². The number of rotatable bonds is 4. The minimum atomic E-state index is -0.842. The third-order valence-electron chi connectivity index (χ3n) is 5.26. The molecule has 1 saturated heterocycles. The highest BCUT2D eigenvalue weighted by Gasteiger charge is 2.42. The quantitative estimate of drug-likeness (QED) is 0.930. The second-order valence-electron chi connectivity index (χ2n) is 7.20. The molecule has 2 aromatic rings. The van der Waals surface area contributed by atoms with Gasteiger partial charge in [0.25, 0.3) is 5.91 Å². The van der Waals surface area contributed by atoms with Gasteiger partial charge in [0.2, 0.25) is 0 Å². The van der Waals surface area contributed by atoms with Crippen LogP contribution < -0.4 is 0 Å². The van der Waals surface area contributed by atoms with E-state index in [-0.39, 0.29) is 12.5 Å². The molecule has 1 aromatic carbocycles. The molecule has 0 bridgehead atoms. The molecule has 0 saturated carbocycles. The Morgan fingerprint density at radius 1 is 1.20 bits per heavy atom. The highest BCUT2D eigenvalue weighted by Crippen LogP contribution is 2.31. The van der Waals surface area contributed by atoms with Gasteiger partial charge in [-0.05, 0) is 38.8 Å². The Morgan fingerprint density at radius 3 is 2.48 bits per heavy atom. The van der Waals surface area contributed by atoms with Gasteiger partial charge in [0.05, 0.1) is 11.0 Å². The molecule has 2 heterocycles. The van der Waals surface area contributed by atoms with Crippen molar-refractivity contribution in [1.29, 1.82) is 0 Å². The first-order valence-electron chi connectivity index (χ1n) is 8.55. The van der Waals surface area contributed by atoms with Crippen LogP contribution in [0.25, 0.3) is 0 Å². The van der Waals surface area contributed by atoms with Crippen molar-refractivity contribution in [3.8, 4) is 0 Å². The van der Waals surface area contributed by atoms with Gasteiger partial charge in [-0.1, -0.05) is 30.3 Å². The minimum Gasteiger partial charge on any atom is -0.481 e. The Bertz CT molecular complexity index is 810. The summed E-state index contributed by atoms with van der Waals surface area (Å²) in [6.45, 7) is 7.14. The molecule has 1 fully saturated rings. The van der Waals surface area contributed by atoms with Gasteiger partial charge in [0.1, 0.15) is 0 Å². The Kier molecular flexibility index (Phi) is 4.41. The molecule has 0 aliphatic carbocycles. The fraction of sp³-hybridized carbons (Fsp3) is 0.400. The SMILES string of the molecule is Cc1cc(C(=O)N2CCC(C)(C(=O)O)C2)c(C)n1Cc1ccccc1. The minimum absolute atomic E-state index is 0.0719. The van der Waals surface area contributed by atoms with E-state index in [1.54, 1.807) is 11.8 Å². The van der Waals surface area contributed by atoms with Crippen molar-refractivity contribution in [2.75, 3.05) is 13.1 Å². The second-order valence-corrected chi connectivity index (χ2v) is 7.20. The molecule has 1 aromatic heterocycles. The summed E-state index contributed by atoms with van der Waals surface area (Å²) in [5.74, 6) is -0.908. The zero-order valence-corrected chi connectivity index (χ0v) is 15.0. The molecule has 1 aliphatic heterocycles. The number of hydrogen-bond donors (Lipinski definition) is 1. The number of aromatic nitrogens is 1. The fourth-order valence-electron chi connectivity index (χ4n) is 3.51. The molecule has 1 unspecified atom stereocenters. The molecule has 1 aliphatic rings. The summed E-state index contributed by atoms with van der Waals surface area (Å²) < 4.78 is 2.13. The van der Waals surface area contributed by atoms with Crippen molar-refractivity contribution >= 4 is 11.9 Å². The van der Waals surface area contributed by atoms with E-state index in [4.69, 9.17) is 0 Å². The lowest BCUT2D eigenvalue weighted by Crippen LogP contribution is -2.35. The number of likely N-dealkylation sites (tertiary alicyclic amines) is 1. The average molecular weight is 340 g/mol. The summed E-state index contributed by atoms with van der Waals surface area (Å²) in [7, 11) is 0. The summed E-state index contributed by atoms with van der Waals surface area (Å²) in [6.07, 6.45) is 0.497. The van der Waals surface area contributed by atoms with Crippen molar-refractivity contribution in [3.63, 3.8) is 0 Å². The lowest BCUT2D eigenvalue weighted by Gasteiger charge is -2.20. The number of amides is 1. The van der Waals surface area contributed by atoms with Crippen LogP contribution in [-0.4, -0.2) is 39.5 Å². The maximum absolute atomic E-state index is 12.9. The molecule has 5 nitrogen and oxygen atoms in total. The summed E-state index contributed by atoms with van der Waals surface area (Å²) in [6, 6.07) is 12.1.